The number of nitro benzene ring substituents is 1. The van der Waals surface area contributed by atoms with Crippen LogP contribution in [0.3, 0.4) is 0 Å². The largest absolute Gasteiger partial charge is 0.450 e. The van der Waals surface area contributed by atoms with Gasteiger partial charge in [0.2, 0.25) is 0 Å². The molecule has 1 fully saturated rings. The highest BCUT2D eigenvalue weighted by molar-refractivity contribution is 5.75. The van der Waals surface area contributed by atoms with Crippen molar-refractivity contribution in [3.05, 3.63) is 28.3 Å². The maximum atomic E-state index is 12.2. The number of amides is 1. The first-order valence-corrected chi connectivity index (χ1v) is 9.37. The maximum absolute atomic E-state index is 12.2. The fraction of sp³-hybridized carbons (Fsp3) is 0.579. The van der Waals surface area contributed by atoms with Crippen molar-refractivity contribution < 1.29 is 23.6 Å². The van der Waals surface area contributed by atoms with Crippen molar-refractivity contribution >= 4 is 22.9 Å². The van der Waals surface area contributed by atoms with Gasteiger partial charge in [-0.2, -0.15) is 4.98 Å². The number of nitrogens with zero attached hydrogens (tertiary/aromatic N) is 3. The quantitative estimate of drug-likeness (QED) is 0.556. The van der Waals surface area contributed by atoms with Crippen LogP contribution in [0.4, 0.5) is 10.5 Å². The van der Waals surface area contributed by atoms with Crippen molar-refractivity contribution in [2.45, 2.75) is 45.6 Å². The van der Waals surface area contributed by atoms with Gasteiger partial charge in [-0.25, -0.2) is 4.79 Å². The molecular formula is C19H25N3O6. The third kappa shape index (κ3) is 5.11. The van der Waals surface area contributed by atoms with Crippen LogP contribution in [0, 0.1) is 16.0 Å². The second kappa shape index (κ2) is 8.04. The number of aromatic nitrogens is 1. The first kappa shape index (κ1) is 19.9. The van der Waals surface area contributed by atoms with Gasteiger partial charge in [-0.3, -0.25) is 10.1 Å². The van der Waals surface area contributed by atoms with E-state index in [1.54, 1.807) is 4.90 Å². The zero-order valence-electron chi connectivity index (χ0n) is 16.3. The molecule has 1 aliphatic heterocycles. The minimum absolute atomic E-state index is 0.0446. The van der Waals surface area contributed by atoms with Crippen molar-refractivity contribution in [3.8, 4) is 6.08 Å². The molecule has 0 radical (unpaired) electrons. The highest BCUT2D eigenvalue weighted by Crippen LogP contribution is 2.26. The number of oxazole rings is 1. The predicted octanol–water partition coefficient (Wildman–Crippen LogP) is 4.15. The van der Waals surface area contributed by atoms with Gasteiger partial charge in [0.15, 0.2) is 5.58 Å². The van der Waals surface area contributed by atoms with Crippen LogP contribution in [-0.4, -0.2) is 46.2 Å². The van der Waals surface area contributed by atoms with Crippen LogP contribution in [0.25, 0.3) is 11.1 Å². The van der Waals surface area contributed by atoms with Gasteiger partial charge in [0.1, 0.15) is 11.1 Å². The standard InChI is InChI=1S/C19H25N3O6/c1-19(2,3)28-18(23)21-9-4-5-13(12-21)8-10-26-17-20-15-11-14(22(24)25)6-7-16(15)27-17/h6-7,11,13H,4-5,8-10,12H2,1-3H3/t13-/m1/s1. The summed E-state index contributed by atoms with van der Waals surface area (Å²) in [5, 5.41) is 10.8. The van der Waals surface area contributed by atoms with Gasteiger partial charge >= 0.3 is 12.2 Å². The van der Waals surface area contributed by atoms with Crippen LogP contribution in [0.5, 0.6) is 6.08 Å². The molecule has 3 rings (SSSR count). The third-order valence-electron chi connectivity index (χ3n) is 4.48. The molecule has 0 bridgehead atoms. The summed E-state index contributed by atoms with van der Waals surface area (Å²) in [5.41, 5.74) is 0.277. The molecular weight excluding hydrogens is 366 g/mol. The highest BCUT2D eigenvalue weighted by atomic mass is 16.6. The Hall–Kier alpha value is -2.84. The van der Waals surface area contributed by atoms with E-state index < -0.39 is 10.5 Å². The molecule has 2 heterocycles. The summed E-state index contributed by atoms with van der Waals surface area (Å²) in [5.74, 6) is 0.312. The Morgan fingerprint density at radius 3 is 2.93 bits per heavy atom. The summed E-state index contributed by atoms with van der Waals surface area (Å²) in [4.78, 5) is 28.5. The lowest BCUT2D eigenvalue weighted by Crippen LogP contribution is -2.43. The lowest BCUT2D eigenvalue weighted by molar-refractivity contribution is -0.384. The van der Waals surface area contributed by atoms with Gasteiger partial charge in [0.05, 0.1) is 11.5 Å². The van der Waals surface area contributed by atoms with E-state index in [0.29, 0.717) is 36.7 Å². The van der Waals surface area contributed by atoms with Crippen molar-refractivity contribution in [1.82, 2.24) is 9.88 Å². The van der Waals surface area contributed by atoms with Crippen LogP contribution in [0.1, 0.15) is 40.0 Å². The van der Waals surface area contributed by atoms with Gasteiger partial charge in [0, 0.05) is 25.2 Å². The molecule has 2 aromatic rings. The maximum Gasteiger partial charge on any atom is 0.410 e. The molecule has 1 aromatic carbocycles. The van der Waals surface area contributed by atoms with Gasteiger partial charge in [0.25, 0.3) is 5.69 Å². The van der Waals surface area contributed by atoms with Crippen LogP contribution in [0.15, 0.2) is 22.6 Å². The zero-order chi connectivity index (χ0) is 20.3. The van der Waals surface area contributed by atoms with E-state index in [-0.39, 0.29) is 17.9 Å². The number of piperidine rings is 1. The molecule has 0 spiro atoms. The average Bonchev–Trinajstić information content (AvgIpc) is 3.02. The molecule has 1 atom stereocenters. The van der Waals surface area contributed by atoms with Crippen molar-refractivity contribution in [1.29, 1.82) is 0 Å². The fourth-order valence-electron chi connectivity index (χ4n) is 3.18. The number of rotatable bonds is 5. The van der Waals surface area contributed by atoms with Crippen LogP contribution in [0.2, 0.25) is 0 Å². The van der Waals surface area contributed by atoms with E-state index in [0.717, 1.165) is 19.3 Å². The summed E-state index contributed by atoms with van der Waals surface area (Å²) in [7, 11) is 0. The molecule has 0 aliphatic carbocycles. The number of benzene rings is 1. The smallest absolute Gasteiger partial charge is 0.410 e. The number of carbonyl (C=O) groups excluding carboxylic acids is 1. The molecule has 28 heavy (non-hydrogen) atoms. The molecule has 9 nitrogen and oxygen atoms in total. The van der Waals surface area contributed by atoms with Crippen LogP contribution in [-0.2, 0) is 4.74 Å². The molecule has 152 valence electrons. The van der Waals surface area contributed by atoms with Crippen LogP contribution >= 0.6 is 0 Å². The number of nitro groups is 1. The van der Waals surface area contributed by atoms with E-state index in [9.17, 15) is 14.9 Å². The van der Waals surface area contributed by atoms with Crippen molar-refractivity contribution in [2.24, 2.45) is 5.92 Å². The third-order valence-corrected chi connectivity index (χ3v) is 4.48. The lowest BCUT2D eigenvalue weighted by atomic mass is 9.95. The fourth-order valence-corrected chi connectivity index (χ4v) is 3.18. The number of fused-ring (bicyclic) bond motifs is 1. The Bertz CT molecular complexity index is 857. The Morgan fingerprint density at radius 1 is 1.43 bits per heavy atom. The first-order chi connectivity index (χ1) is 13.2. The number of hydrogen-bond donors (Lipinski definition) is 0. The number of likely N-dealkylation sites (tertiary alicyclic amines) is 1. The number of ether oxygens (including phenoxy) is 2. The van der Waals surface area contributed by atoms with E-state index in [2.05, 4.69) is 4.98 Å². The van der Waals surface area contributed by atoms with Gasteiger partial charge in [-0.1, -0.05) is 0 Å². The lowest BCUT2D eigenvalue weighted by Gasteiger charge is -2.34. The molecule has 1 aromatic heterocycles. The summed E-state index contributed by atoms with van der Waals surface area (Å²) in [6.45, 7) is 7.30. The zero-order valence-corrected chi connectivity index (χ0v) is 16.3. The minimum Gasteiger partial charge on any atom is -0.450 e. The monoisotopic (exact) mass is 391 g/mol. The Morgan fingerprint density at radius 2 is 2.21 bits per heavy atom. The Kier molecular flexibility index (Phi) is 5.71. The minimum atomic E-state index is -0.505. The molecule has 1 amide bonds. The van der Waals surface area contributed by atoms with Gasteiger partial charge in [-0.15, -0.1) is 0 Å². The van der Waals surface area contributed by atoms with Crippen LogP contribution < -0.4 is 4.74 Å². The van der Waals surface area contributed by atoms with Crippen molar-refractivity contribution in [2.75, 3.05) is 19.7 Å². The SMILES string of the molecule is CC(C)(C)OC(=O)N1CCC[C@H](CCOc2nc3cc([N+](=O)[O-])ccc3o2)C1. The van der Waals surface area contributed by atoms with Gasteiger partial charge in [-0.05, 0) is 52.0 Å². The summed E-state index contributed by atoms with van der Waals surface area (Å²) >= 11 is 0. The summed E-state index contributed by atoms with van der Waals surface area (Å²) < 4.78 is 16.5. The van der Waals surface area contributed by atoms with E-state index in [1.807, 2.05) is 20.8 Å². The molecule has 1 aliphatic rings. The van der Waals surface area contributed by atoms with Crippen molar-refractivity contribution in [3.63, 3.8) is 0 Å². The number of carbonyl (C=O) groups is 1. The van der Waals surface area contributed by atoms with Gasteiger partial charge < -0.3 is 18.8 Å². The summed E-state index contributed by atoms with van der Waals surface area (Å²) in [6.07, 6.45) is 2.51. The number of non-ortho nitro benzene ring substituents is 1. The normalized spacial score (nSPS) is 17.5. The molecule has 0 N–H and O–H groups in total. The first-order valence-electron chi connectivity index (χ1n) is 9.37. The molecule has 1 saturated heterocycles. The Labute approximate surface area is 162 Å². The molecule has 0 unspecified atom stereocenters. The predicted molar refractivity (Wildman–Crippen MR) is 101 cm³/mol. The topological polar surface area (TPSA) is 108 Å². The Balaban J connectivity index is 1.51. The number of hydrogen-bond acceptors (Lipinski definition) is 7. The average molecular weight is 391 g/mol. The molecule has 0 saturated carbocycles. The summed E-state index contributed by atoms with van der Waals surface area (Å²) in [6, 6.07) is 4.23. The second-order valence-electron chi connectivity index (χ2n) is 7.96. The van der Waals surface area contributed by atoms with E-state index >= 15 is 0 Å². The second-order valence-corrected chi connectivity index (χ2v) is 7.96. The van der Waals surface area contributed by atoms with E-state index in [1.165, 1.54) is 18.2 Å². The van der Waals surface area contributed by atoms with E-state index in [4.69, 9.17) is 13.9 Å². The molecule has 9 heteroatoms. The highest BCUT2D eigenvalue weighted by Gasteiger charge is 2.27.